The molecule has 1 aromatic rings. The zero-order valence-corrected chi connectivity index (χ0v) is 10.4. The van der Waals surface area contributed by atoms with Crippen molar-refractivity contribution in [1.29, 1.82) is 0 Å². The first kappa shape index (κ1) is 11.2. The molecule has 17 heavy (non-hydrogen) atoms. The van der Waals surface area contributed by atoms with Crippen LogP contribution < -0.4 is 5.73 Å². The highest BCUT2D eigenvalue weighted by Crippen LogP contribution is 2.33. The number of nitrogens with two attached hydrogens (primary N) is 1. The molecule has 1 aliphatic heterocycles. The van der Waals surface area contributed by atoms with Crippen LogP contribution in [0, 0.1) is 5.41 Å². The van der Waals surface area contributed by atoms with E-state index in [1.807, 2.05) is 0 Å². The van der Waals surface area contributed by atoms with E-state index in [0.29, 0.717) is 0 Å². The highest BCUT2D eigenvalue weighted by molar-refractivity contribution is 5.35. The van der Waals surface area contributed by atoms with Crippen molar-refractivity contribution >= 4 is 0 Å². The van der Waals surface area contributed by atoms with Gasteiger partial charge in [0.25, 0.3) is 0 Å². The molecule has 1 atom stereocenters. The van der Waals surface area contributed by atoms with Crippen LogP contribution in [0.4, 0.5) is 0 Å². The summed E-state index contributed by atoms with van der Waals surface area (Å²) in [6, 6.07) is 7.01. The number of ether oxygens (including phenoxy) is 1. The predicted molar refractivity (Wildman–Crippen MR) is 69.1 cm³/mol. The third-order valence-electron chi connectivity index (χ3n) is 4.36. The van der Waals surface area contributed by atoms with Crippen molar-refractivity contribution in [1.82, 2.24) is 0 Å². The van der Waals surface area contributed by atoms with Gasteiger partial charge in [-0.05, 0) is 48.8 Å². The SMILES string of the molecule is NCC1(Cc2ccc3c(c2)CCC3)CCOC1. The van der Waals surface area contributed by atoms with Crippen LogP contribution in [0.5, 0.6) is 0 Å². The van der Waals surface area contributed by atoms with Gasteiger partial charge in [0, 0.05) is 18.6 Å². The topological polar surface area (TPSA) is 35.2 Å². The second-order valence-electron chi connectivity index (χ2n) is 5.64. The summed E-state index contributed by atoms with van der Waals surface area (Å²) in [4.78, 5) is 0. The third kappa shape index (κ3) is 2.12. The molecule has 2 aliphatic rings. The maximum atomic E-state index is 5.95. The fraction of sp³-hybridized carbons (Fsp3) is 0.600. The molecule has 1 aromatic carbocycles. The quantitative estimate of drug-likeness (QED) is 0.864. The molecular formula is C15H21NO. The molecule has 1 unspecified atom stereocenters. The minimum Gasteiger partial charge on any atom is -0.381 e. The molecule has 2 nitrogen and oxygen atoms in total. The average Bonchev–Trinajstić information content (AvgIpc) is 2.97. The van der Waals surface area contributed by atoms with E-state index >= 15 is 0 Å². The van der Waals surface area contributed by atoms with Gasteiger partial charge in [-0.15, -0.1) is 0 Å². The summed E-state index contributed by atoms with van der Waals surface area (Å²) in [6.45, 7) is 2.45. The number of fused-ring (bicyclic) bond motifs is 1. The van der Waals surface area contributed by atoms with Gasteiger partial charge in [-0.25, -0.2) is 0 Å². The van der Waals surface area contributed by atoms with Crippen molar-refractivity contribution in [3.05, 3.63) is 34.9 Å². The number of hydrogen-bond acceptors (Lipinski definition) is 2. The highest BCUT2D eigenvalue weighted by Gasteiger charge is 2.33. The molecule has 0 amide bonds. The van der Waals surface area contributed by atoms with E-state index in [0.717, 1.165) is 32.6 Å². The second kappa shape index (κ2) is 4.43. The number of hydrogen-bond donors (Lipinski definition) is 1. The van der Waals surface area contributed by atoms with E-state index in [9.17, 15) is 0 Å². The lowest BCUT2D eigenvalue weighted by molar-refractivity contribution is 0.154. The molecule has 1 fully saturated rings. The maximum absolute atomic E-state index is 5.95. The molecule has 0 saturated carbocycles. The van der Waals surface area contributed by atoms with E-state index in [-0.39, 0.29) is 5.41 Å². The monoisotopic (exact) mass is 231 g/mol. The Morgan fingerprint density at radius 3 is 2.88 bits per heavy atom. The molecule has 2 N–H and O–H groups in total. The van der Waals surface area contributed by atoms with E-state index in [2.05, 4.69) is 18.2 Å². The molecule has 0 bridgehead atoms. The standard InChI is InChI=1S/C15H21NO/c16-10-15(6-7-17-11-15)9-12-4-5-13-2-1-3-14(13)8-12/h4-5,8H,1-3,6-7,9-11,16H2. The lowest BCUT2D eigenvalue weighted by Gasteiger charge is -2.25. The normalized spacial score (nSPS) is 27.4. The van der Waals surface area contributed by atoms with Gasteiger partial charge in [0.2, 0.25) is 0 Å². The van der Waals surface area contributed by atoms with Gasteiger partial charge < -0.3 is 10.5 Å². The summed E-state index contributed by atoms with van der Waals surface area (Å²) < 4.78 is 5.54. The highest BCUT2D eigenvalue weighted by atomic mass is 16.5. The Hall–Kier alpha value is -0.860. The third-order valence-corrected chi connectivity index (χ3v) is 4.36. The van der Waals surface area contributed by atoms with Gasteiger partial charge in [0.05, 0.1) is 6.61 Å². The predicted octanol–water partition coefficient (Wildman–Crippen LogP) is 2.08. The maximum Gasteiger partial charge on any atom is 0.0538 e. The van der Waals surface area contributed by atoms with E-state index in [1.165, 1.54) is 24.8 Å². The number of rotatable bonds is 3. The Morgan fingerprint density at radius 2 is 2.12 bits per heavy atom. The number of benzene rings is 1. The van der Waals surface area contributed by atoms with Crippen molar-refractivity contribution in [3.63, 3.8) is 0 Å². The Balaban J connectivity index is 1.80. The zero-order chi connectivity index (χ0) is 11.7. The van der Waals surface area contributed by atoms with Crippen molar-refractivity contribution in [2.24, 2.45) is 11.1 Å². The minimum atomic E-state index is 0.201. The van der Waals surface area contributed by atoms with Gasteiger partial charge in [0.1, 0.15) is 0 Å². The molecule has 1 saturated heterocycles. The van der Waals surface area contributed by atoms with Crippen molar-refractivity contribution in [3.8, 4) is 0 Å². The number of aryl methyl sites for hydroxylation is 2. The van der Waals surface area contributed by atoms with Crippen molar-refractivity contribution < 1.29 is 4.74 Å². The fourth-order valence-corrected chi connectivity index (χ4v) is 3.19. The summed E-state index contributed by atoms with van der Waals surface area (Å²) in [5.74, 6) is 0. The van der Waals surface area contributed by atoms with Crippen LogP contribution in [0.15, 0.2) is 18.2 Å². The molecule has 1 heterocycles. The average molecular weight is 231 g/mol. The largest absolute Gasteiger partial charge is 0.381 e. The smallest absolute Gasteiger partial charge is 0.0538 e. The molecular weight excluding hydrogens is 210 g/mol. The van der Waals surface area contributed by atoms with E-state index in [1.54, 1.807) is 11.1 Å². The van der Waals surface area contributed by atoms with Gasteiger partial charge in [-0.1, -0.05) is 18.2 Å². The Bertz CT molecular complexity index is 407. The minimum absolute atomic E-state index is 0.201. The molecule has 0 aromatic heterocycles. The van der Waals surface area contributed by atoms with Crippen LogP contribution in [-0.2, 0) is 24.0 Å². The van der Waals surface area contributed by atoms with Gasteiger partial charge in [-0.2, -0.15) is 0 Å². The van der Waals surface area contributed by atoms with Gasteiger partial charge in [0.15, 0.2) is 0 Å². The van der Waals surface area contributed by atoms with Crippen LogP contribution in [-0.4, -0.2) is 19.8 Å². The molecule has 92 valence electrons. The summed E-state index contributed by atoms with van der Waals surface area (Å²) in [7, 11) is 0. The second-order valence-corrected chi connectivity index (χ2v) is 5.64. The van der Waals surface area contributed by atoms with Crippen LogP contribution >= 0.6 is 0 Å². The van der Waals surface area contributed by atoms with Crippen molar-refractivity contribution in [2.45, 2.75) is 32.1 Å². The summed E-state index contributed by atoms with van der Waals surface area (Å²) >= 11 is 0. The fourth-order valence-electron chi connectivity index (χ4n) is 3.19. The summed E-state index contributed by atoms with van der Waals surface area (Å²) in [6.07, 6.45) is 6.04. The van der Waals surface area contributed by atoms with E-state index < -0.39 is 0 Å². The van der Waals surface area contributed by atoms with Crippen LogP contribution in [0.3, 0.4) is 0 Å². The molecule has 2 heteroatoms. The molecule has 0 radical (unpaired) electrons. The Morgan fingerprint density at radius 1 is 1.24 bits per heavy atom. The first-order valence-electron chi connectivity index (χ1n) is 6.70. The van der Waals surface area contributed by atoms with Crippen molar-refractivity contribution in [2.75, 3.05) is 19.8 Å². The van der Waals surface area contributed by atoms with Crippen LogP contribution in [0.1, 0.15) is 29.5 Å². The molecule has 1 aliphatic carbocycles. The molecule has 3 rings (SSSR count). The zero-order valence-electron chi connectivity index (χ0n) is 10.4. The summed E-state index contributed by atoms with van der Waals surface area (Å²) in [5.41, 5.74) is 10.7. The first-order valence-corrected chi connectivity index (χ1v) is 6.70. The molecule has 0 spiro atoms. The lowest BCUT2D eigenvalue weighted by atomic mass is 9.80. The Kier molecular flexibility index (Phi) is 2.93. The Labute approximate surface area is 103 Å². The van der Waals surface area contributed by atoms with Crippen LogP contribution in [0.2, 0.25) is 0 Å². The lowest BCUT2D eigenvalue weighted by Crippen LogP contribution is -2.33. The first-order chi connectivity index (χ1) is 8.31. The van der Waals surface area contributed by atoms with E-state index in [4.69, 9.17) is 10.5 Å². The van der Waals surface area contributed by atoms with Crippen LogP contribution in [0.25, 0.3) is 0 Å². The van der Waals surface area contributed by atoms with Gasteiger partial charge >= 0.3 is 0 Å². The summed E-state index contributed by atoms with van der Waals surface area (Å²) in [5, 5.41) is 0. The van der Waals surface area contributed by atoms with Gasteiger partial charge in [-0.3, -0.25) is 0 Å².